The van der Waals surface area contributed by atoms with Crippen molar-refractivity contribution in [3.05, 3.63) is 0 Å². The maximum absolute atomic E-state index is 2.56. The van der Waals surface area contributed by atoms with Crippen LogP contribution in [0.15, 0.2) is 0 Å². The van der Waals surface area contributed by atoms with E-state index in [1.54, 1.807) is 0 Å². The van der Waals surface area contributed by atoms with Crippen LogP contribution in [0.25, 0.3) is 0 Å². The van der Waals surface area contributed by atoms with Crippen LogP contribution in [0.2, 0.25) is 0 Å². The van der Waals surface area contributed by atoms with Crippen LogP contribution >= 0.6 is 0 Å². The fraction of sp³-hybridized carbons (Fsp3) is 1.00. The van der Waals surface area contributed by atoms with Gasteiger partial charge in [-0.05, 0) is 38.1 Å². The van der Waals surface area contributed by atoms with Gasteiger partial charge in [-0.3, -0.25) is 0 Å². The Morgan fingerprint density at radius 2 is 2.00 bits per heavy atom. The summed E-state index contributed by atoms with van der Waals surface area (Å²) in [6.45, 7) is 3.69. The Labute approximate surface area is 76.1 Å². The zero-order valence-corrected chi connectivity index (χ0v) is 8.42. The maximum atomic E-state index is 2.56. The molecule has 0 aromatic heterocycles. The first-order valence-electron chi connectivity index (χ1n) is 5.49. The molecule has 2 aliphatic rings. The van der Waals surface area contributed by atoms with Crippen LogP contribution < -0.4 is 0 Å². The molecular formula is C11H21N. The van der Waals surface area contributed by atoms with E-state index in [9.17, 15) is 0 Å². The number of nitrogens with zero attached hydrogens (tertiary/aromatic N) is 1. The Balaban J connectivity index is 1.78. The minimum atomic E-state index is 0.897. The molecule has 0 aromatic rings. The first-order chi connectivity index (χ1) is 5.79. The highest BCUT2D eigenvalue weighted by molar-refractivity contribution is 4.86. The first kappa shape index (κ1) is 8.55. The lowest BCUT2D eigenvalue weighted by Gasteiger charge is -2.16. The van der Waals surface area contributed by atoms with Crippen molar-refractivity contribution in [1.82, 2.24) is 4.90 Å². The summed E-state index contributed by atoms with van der Waals surface area (Å²) in [6.07, 6.45) is 7.40. The van der Waals surface area contributed by atoms with Gasteiger partial charge in [0.2, 0.25) is 0 Å². The number of rotatable bonds is 3. The van der Waals surface area contributed by atoms with Crippen molar-refractivity contribution in [3.8, 4) is 0 Å². The third-order valence-electron chi connectivity index (χ3n) is 3.61. The summed E-state index contributed by atoms with van der Waals surface area (Å²) in [7, 11) is 2.29. The van der Waals surface area contributed by atoms with Crippen molar-refractivity contribution in [3.63, 3.8) is 0 Å². The van der Waals surface area contributed by atoms with E-state index in [1.165, 1.54) is 38.6 Å². The fourth-order valence-electron chi connectivity index (χ4n) is 2.67. The van der Waals surface area contributed by atoms with Gasteiger partial charge in [0.25, 0.3) is 0 Å². The van der Waals surface area contributed by atoms with Gasteiger partial charge in [-0.15, -0.1) is 0 Å². The van der Waals surface area contributed by atoms with Crippen LogP contribution in [-0.4, -0.2) is 24.5 Å². The van der Waals surface area contributed by atoms with Gasteiger partial charge in [-0.2, -0.15) is 0 Å². The number of hydrogen-bond donors (Lipinski definition) is 0. The monoisotopic (exact) mass is 167 g/mol. The van der Waals surface area contributed by atoms with Gasteiger partial charge in [0.15, 0.2) is 0 Å². The van der Waals surface area contributed by atoms with Crippen LogP contribution in [0.5, 0.6) is 0 Å². The van der Waals surface area contributed by atoms with E-state index in [0.29, 0.717) is 0 Å². The molecule has 1 saturated heterocycles. The molecule has 1 nitrogen and oxygen atoms in total. The number of hydrogen-bond acceptors (Lipinski definition) is 1. The van der Waals surface area contributed by atoms with E-state index in [2.05, 4.69) is 18.9 Å². The zero-order chi connectivity index (χ0) is 8.55. The van der Waals surface area contributed by atoms with Crippen molar-refractivity contribution in [2.75, 3.05) is 13.6 Å². The van der Waals surface area contributed by atoms with Gasteiger partial charge < -0.3 is 4.90 Å². The van der Waals surface area contributed by atoms with Gasteiger partial charge >= 0.3 is 0 Å². The molecule has 2 fully saturated rings. The lowest BCUT2D eigenvalue weighted by Crippen LogP contribution is -2.23. The highest BCUT2D eigenvalue weighted by Crippen LogP contribution is 2.39. The third kappa shape index (κ3) is 1.82. The molecule has 2 unspecified atom stereocenters. The highest BCUT2D eigenvalue weighted by atomic mass is 15.1. The van der Waals surface area contributed by atoms with Crippen LogP contribution in [0.4, 0.5) is 0 Å². The standard InChI is InChI=1S/C11H21N/c1-3-11-7-10(8-12(11)2)6-9-4-5-9/h9-11H,3-8H2,1-2H3. The molecule has 0 bridgehead atoms. The van der Waals surface area contributed by atoms with Crippen LogP contribution in [0, 0.1) is 11.8 Å². The average molecular weight is 167 g/mol. The minimum Gasteiger partial charge on any atom is -0.303 e. The first-order valence-corrected chi connectivity index (χ1v) is 5.49. The molecule has 12 heavy (non-hydrogen) atoms. The Morgan fingerprint density at radius 3 is 2.50 bits per heavy atom. The van der Waals surface area contributed by atoms with Crippen LogP contribution in [0.3, 0.4) is 0 Å². The number of likely N-dealkylation sites (tertiary alicyclic amines) is 1. The van der Waals surface area contributed by atoms with Gasteiger partial charge in [0, 0.05) is 12.6 Å². The molecule has 0 radical (unpaired) electrons. The molecule has 1 aliphatic heterocycles. The van der Waals surface area contributed by atoms with Crippen molar-refractivity contribution < 1.29 is 0 Å². The second kappa shape index (κ2) is 3.37. The lowest BCUT2D eigenvalue weighted by molar-refractivity contribution is 0.300. The Hall–Kier alpha value is -0.0400. The molecule has 70 valence electrons. The van der Waals surface area contributed by atoms with Crippen LogP contribution in [0.1, 0.15) is 39.0 Å². The highest BCUT2D eigenvalue weighted by Gasteiger charge is 2.32. The summed E-state index contributed by atoms with van der Waals surface area (Å²) in [5.74, 6) is 2.16. The van der Waals surface area contributed by atoms with Gasteiger partial charge in [0.1, 0.15) is 0 Å². The molecule has 0 spiro atoms. The molecule has 1 aliphatic carbocycles. The summed E-state index contributed by atoms with van der Waals surface area (Å²) in [5.41, 5.74) is 0. The van der Waals surface area contributed by atoms with E-state index < -0.39 is 0 Å². The topological polar surface area (TPSA) is 3.24 Å². The van der Waals surface area contributed by atoms with Crippen molar-refractivity contribution in [1.29, 1.82) is 0 Å². The summed E-state index contributed by atoms with van der Waals surface area (Å²) in [6, 6.07) is 0.897. The quantitative estimate of drug-likeness (QED) is 0.624. The predicted molar refractivity (Wildman–Crippen MR) is 52.2 cm³/mol. The van der Waals surface area contributed by atoms with Crippen LogP contribution in [-0.2, 0) is 0 Å². The van der Waals surface area contributed by atoms with Gasteiger partial charge in [-0.25, -0.2) is 0 Å². The average Bonchev–Trinajstić information content (AvgIpc) is 2.76. The molecule has 1 heterocycles. The summed E-state index contributed by atoms with van der Waals surface area (Å²) >= 11 is 0. The summed E-state index contributed by atoms with van der Waals surface area (Å²) in [4.78, 5) is 2.56. The Kier molecular flexibility index (Phi) is 2.40. The van der Waals surface area contributed by atoms with Crippen molar-refractivity contribution >= 4 is 0 Å². The van der Waals surface area contributed by atoms with Gasteiger partial charge in [-0.1, -0.05) is 19.8 Å². The molecule has 0 N–H and O–H groups in total. The normalized spacial score (nSPS) is 37.5. The van der Waals surface area contributed by atoms with E-state index >= 15 is 0 Å². The largest absolute Gasteiger partial charge is 0.303 e. The molecule has 1 heteroatoms. The molecule has 2 rings (SSSR count). The smallest absolute Gasteiger partial charge is 0.00928 e. The maximum Gasteiger partial charge on any atom is 0.00928 e. The molecular weight excluding hydrogens is 146 g/mol. The lowest BCUT2D eigenvalue weighted by atomic mass is 9.98. The van der Waals surface area contributed by atoms with Crippen molar-refractivity contribution in [2.24, 2.45) is 11.8 Å². The summed E-state index contributed by atoms with van der Waals surface area (Å²) < 4.78 is 0. The van der Waals surface area contributed by atoms with Crippen molar-refractivity contribution in [2.45, 2.75) is 45.1 Å². The third-order valence-corrected chi connectivity index (χ3v) is 3.61. The molecule has 2 atom stereocenters. The minimum absolute atomic E-state index is 0.897. The van der Waals surface area contributed by atoms with Gasteiger partial charge in [0.05, 0.1) is 0 Å². The molecule has 0 aromatic carbocycles. The van der Waals surface area contributed by atoms with E-state index in [-0.39, 0.29) is 0 Å². The second-order valence-corrected chi connectivity index (χ2v) is 4.78. The Bertz CT molecular complexity index is 151. The Morgan fingerprint density at radius 1 is 1.25 bits per heavy atom. The fourth-order valence-corrected chi connectivity index (χ4v) is 2.67. The van der Waals surface area contributed by atoms with E-state index in [1.807, 2.05) is 0 Å². The second-order valence-electron chi connectivity index (χ2n) is 4.78. The van der Waals surface area contributed by atoms with E-state index in [0.717, 1.165) is 17.9 Å². The molecule has 1 saturated carbocycles. The predicted octanol–water partition coefficient (Wildman–Crippen LogP) is 2.52. The SMILES string of the molecule is CCC1CC(CC2CC2)CN1C. The zero-order valence-electron chi connectivity index (χ0n) is 8.42. The molecule has 0 amide bonds. The summed E-state index contributed by atoms with van der Waals surface area (Å²) in [5, 5.41) is 0. The van der Waals surface area contributed by atoms with E-state index in [4.69, 9.17) is 0 Å².